The Morgan fingerprint density at radius 2 is 1.94 bits per heavy atom. The summed E-state index contributed by atoms with van der Waals surface area (Å²) in [4.78, 5) is 0. The minimum atomic E-state index is -3.82. The summed E-state index contributed by atoms with van der Waals surface area (Å²) in [5, 5.41) is 18.0. The summed E-state index contributed by atoms with van der Waals surface area (Å²) in [6, 6.07) is 1.66. The molecule has 13 heteroatoms. The molecule has 0 spiro atoms. The molecule has 0 saturated carbocycles. The summed E-state index contributed by atoms with van der Waals surface area (Å²) in [5.74, 6) is 0.661. The second-order valence-electron chi connectivity index (χ2n) is 6.74. The lowest BCUT2D eigenvalue weighted by molar-refractivity contribution is 0.434. The number of thiophene rings is 1. The average molecular weight is 488 g/mol. The minimum absolute atomic E-state index is 0.139. The van der Waals surface area contributed by atoms with Crippen molar-refractivity contribution in [2.75, 3.05) is 18.4 Å². The third-order valence-corrected chi connectivity index (χ3v) is 8.86. The number of amidine groups is 2. The lowest BCUT2D eigenvalue weighted by Gasteiger charge is -2.18. The molecule has 0 fully saturated rings. The van der Waals surface area contributed by atoms with Crippen molar-refractivity contribution in [1.29, 1.82) is 0 Å². The molecule has 31 heavy (non-hydrogen) atoms. The van der Waals surface area contributed by atoms with Gasteiger partial charge in [0.2, 0.25) is 0 Å². The fraction of sp³-hybridized carbons (Fsp3) is 0.444. The molecule has 2 aromatic heterocycles. The first-order valence-corrected chi connectivity index (χ1v) is 13.1. The van der Waals surface area contributed by atoms with E-state index in [1.54, 1.807) is 20.1 Å². The van der Waals surface area contributed by atoms with Crippen molar-refractivity contribution < 1.29 is 22.2 Å². The Balaban J connectivity index is 1.82. The van der Waals surface area contributed by atoms with E-state index in [1.807, 2.05) is 19.9 Å². The molecule has 0 amide bonds. The van der Waals surface area contributed by atoms with Crippen molar-refractivity contribution >= 4 is 49.9 Å². The minimum Gasteiger partial charge on any atom is -0.504 e. The van der Waals surface area contributed by atoms with E-state index < -0.39 is 26.9 Å². The van der Waals surface area contributed by atoms with Crippen molar-refractivity contribution in [2.45, 2.75) is 44.4 Å². The van der Waals surface area contributed by atoms with Gasteiger partial charge in [-0.2, -0.15) is 4.31 Å². The zero-order valence-electron chi connectivity index (χ0n) is 17.6. The van der Waals surface area contributed by atoms with Crippen LogP contribution in [0, 0.1) is 6.92 Å². The largest absolute Gasteiger partial charge is 0.504 e. The Morgan fingerprint density at radius 3 is 2.52 bits per heavy atom. The summed E-state index contributed by atoms with van der Waals surface area (Å²) in [5.41, 5.74) is 1.12. The zero-order valence-corrected chi connectivity index (χ0v) is 20.0. The third-order valence-electron chi connectivity index (χ3n) is 4.64. The van der Waals surface area contributed by atoms with Crippen LogP contribution >= 0.6 is 11.3 Å². The molecule has 170 valence electrons. The van der Waals surface area contributed by atoms with Gasteiger partial charge in [-0.15, -0.1) is 20.1 Å². The molecular formula is C18H25N5O5S3. The van der Waals surface area contributed by atoms with Gasteiger partial charge in [0.05, 0.1) is 18.0 Å². The van der Waals surface area contributed by atoms with Crippen molar-refractivity contribution in [3.8, 4) is 5.75 Å². The van der Waals surface area contributed by atoms with Crippen molar-refractivity contribution in [1.82, 2.24) is 9.62 Å². The molecule has 0 bridgehead atoms. The second kappa shape index (κ2) is 9.51. The number of hydrogen-bond acceptors (Lipinski definition) is 8. The van der Waals surface area contributed by atoms with Gasteiger partial charge in [-0.05, 0) is 25.0 Å². The average Bonchev–Trinajstić information content (AvgIpc) is 3.40. The smallest absolute Gasteiger partial charge is 0.269 e. The molecule has 3 rings (SSSR count). The lowest BCUT2D eigenvalue weighted by atomic mass is 10.1. The maximum Gasteiger partial charge on any atom is 0.269 e. The maximum atomic E-state index is 12.7. The summed E-state index contributed by atoms with van der Waals surface area (Å²) in [6.07, 6.45) is 2.31. The van der Waals surface area contributed by atoms with Gasteiger partial charge in [0.25, 0.3) is 21.2 Å². The molecule has 1 unspecified atom stereocenters. The van der Waals surface area contributed by atoms with Gasteiger partial charge in [0.15, 0.2) is 21.6 Å². The van der Waals surface area contributed by atoms with Crippen molar-refractivity contribution in [3.05, 3.63) is 29.0 Å². The quantitative estimate of drug-likeness (QED) is 0.521. The molecule has 2 aromatic rings. The SMILES string of the molecule is CC[C@@H](NC1=NS(=O)N=C1Nc1csc(S(=O)(=O)N(CC)CC)c1O)c1cc(C)co1. The number of furan rings is 1. The molecule has 3 N–H and O–H groups in total. The van der Waals surface area contributed by atoms with E-state index in [0.29, 0.717) is 12.2 Å². The normalized spacial score (nSPS) is 17.5. The molecule has 0 radical (unpaired) electrons. The standard InChI is InChI=1S/C18H25N5O5S3/c1-5-12(14-8-11(4)9-28-14)19-16-17(22-30(25)21-16)20-13-10-29-18(15(13)24)31(26,27)23(6-2)7-3/h8-10,12,24H,5-7H2,1-4H3,(H,19,21)(H,20,22)/t12-,30?/m1/s1. The molecule has 1 aliphatic heterocycles. The molecular weight excluding hydrogens is 462 g/mol. The van der Waals surface area contributed by atoms with Gasteiger partial charge in [-0.1, -0.05) is 20.8 Å². The van der Waals surface area contributed by atoms with Crippen LogP contribution in [0.1, 0.15) is 44.6 Å². The van der Waals surface area contributed by atoms with Crippen LogP contribution in [0.5, 0.6) is 5.75 Å². The topological polar surface area (TPSA) is 137 Å². The molecule has 2 atom stereocenters. The molecule has 0 saturated heterocycles. The zero-order chi connectivity index (χ0) is 22.8. The lowest BCUT2D eigenvalue weighted by Crippen LogP contribution is -2.36. The number of hydrogen-bond donors (Lipinski definition) is 3. The summed E-state index contributed by atoms with van der Waals surface area (Å²) in [6.45, 7) is 7.91. The van der Waals surface area contributed by atoms with Crippen LogP contribution in [-0.2, 0) is 21.2 Å². The Morgan fingerprint density at radius 1 is 1.26 bits per heavy atom. The highest BCUT2D eigenvalue weighted by Crippen LogP contribution is 2.39. The van der Waals surface area contributed by atoms with E-state index in [1.165, 1.54) is 9.69 Å². The number of rotatable bonds is 8. The summed E-state index contributed by atoms with van der Waals surface area (Å²) < 4.78 is 52.0. The number of nitrogens with zero attached hydrogens (tertiary/aromatic N) is 3. The predicted molar refractivity (Wildman–Crippen MR) is 122 cm³/mol. The van der Waals surface area contributed by atoms with E-state index in [9.17, 15) is 17.7 Å². The Kier molecular flexibility index (Phi) is 7.19. The Hall–Kier alpha value is -2.22. The van der Waals surface area contributed by atoms with Gasteiger partial charge in [0, 0.05) is 18.5 Å². The fourth-order valence-electron chi connectivity index (χ4n) is 3.03. The van der Waals surface area contributed by atoms with Gasteiger partial charge in [-0.25, -0.2) is 12.6 Å². The van der Waals surface area contributed by atoms with Gasteiger partial charge < -0.3 is 20.2 Å². The van der Waals surface area contributed by atoms with Gasteiger partial charge in [0.1, 0.15) is 5.76 Å². The van der Waals surface area contributed by atoms with E-state index in [0.717, 1.165) is 16.9 Å². The van der Waals surface area contributed by atoms with Gasteiger partial charge in [-0.3, -0.25) is 0 Å². The van der Waals surface area contributed by atoms with E-state index in [4.69, 9.17) is 4.42 Å². The molecule has 10 nitrogen and oxygen atoms in total. The van der Waals surface area contributed by atoms with E-state index in [2.05, 4.69) is 19.4 Å². The second-order valence-corrected chi connectivity index (χ2v) is 10.6. The van der Waals surface area contributed by atoms with E-state index in [-0.39, 0.29) is 40.7 Å². The van der Waals surface area contributed by atoms with Crippen LogP contribution < -0.4 is 10.6 Å². The first kappa shape index (κ1) is 23.4. The van der Waals surface area contributed by atoms with Crippen LogP contribution in [0.4, 0.5) is 5.69 Å². The highest BCUT2D eigenvalue weighted by molar-refractivity contribution is 7.91. The highest BCUT2D eigenvalue weighted by Gasteiger charge is 2.30. The third kappa shape index (κ3) is 4.84. The molecule has 3 heterocycles. The molecule has 1 aliphatic rings. The van der Waals surface area contributed by atoms with E-state index >= 15 is 0 Å². The number of anilines is 1. The number of sulfonamides is 1. The maximum absolute atomic E-state index is 12.7. The first-order chi connectivity index (χ1) is 14.7. The number of aryl methyl sites for hydroxylation is 1. The molecule has 0 aromatic carbocycles. The van der Waals surface area contributed by atoms with Crippen LogP contribution in [0.15, 0.2) is 35.1 Å². The Bertz CT molecular complexity index is 1130. The monoisotopic (exact) mass is 487 g/mol. The van der Waals surface area contributed by atoms with Crippen LogP contribution in [0.2, 0.25) is 0 Å². The van der Waals surface area contributed by atoms with Crippen LogP contribution in [0.3, 0.4) is 0 Å². The fourth-order valence-corrected chi connectivity index (χ4v) is 6.49. The number of nitrogens with one attached hydrogen (secondary N) is 2. The predicted octanol–water partition coefficient (Wildman–Crippen LogP) is 2.93. The van der Waals surface area contributed by atoms with Crippen molar-refractivity contribution in [3.63, 3.8) is 0 Å². The van der Waals surface area contributed by atoms with Gasteiger partial charge >= 0.3 is 0 Å². The summed E-state index contributed by atoms with van der Waals surface area (Å²) in [7, 11) is -3.82. The van der Waals surface area contributed by atoms with Crippen molar-refractivity contribution in [2.24, 2.45) is 8.80 Å². The number of aromatic hydroxyl groups is 1. The molecule has 0 aliphatic carbocycles. The Labute approximate surface area is 187 Å². The van der Waals surface area contributed by atoms with Crippen LogP contribution in [-0.4, -0.2) is 46.8 Å². The first-order valence-electron chi connectivity index (χ1n) is 9.70. The summed E-state index contributed by atoms with van der Waals surface area (Å²) >= 11 is -0.940. The highest BCUT2D eigenvalue weighted by atomic mass is 32.2. The van der Waals surface area contributed by atoms with Crippen LogP contribution in [0.25, 0.3) is 0 Å².